The Balaban J connectivity index is 1.34. The molecule has 1 aliphatic rings. The maximum absolute atomic E-state index is 13.4. The van der Waals surface area contributed by atoms with E-state index in [1.165, 1.54) is 12.1 Å². The van der Waals surface area contributed by atoms with Crippen molar-refractivity contribution in [3.8, 4) is 5.69 Å². The molecule has 3 heterocycles. The van der Waals surface area contributed by atoms with Crippen LogP contribution in [0.2, 0.25) is 0 Å². The summed E-state index contributed by atoms with van der Waals surface area (Å²) in [5, 5.41) is 8.91. The van der Waals surface area contributed by atoms with E-state index in [9.17, 15) is 9.18 Å². The molecule has 1 amide bonds. The van der Waals surface area contributed by atoms with E-state index < -0.39 is 0 Å². The Morgan fingerprint density at radius 2 is 1.67 bits per heavy atom. The fourth-order valence-electron chi connectivity index (χ4n) is 4.86. The van der Waals surface area contributed by atoms with Gasteiger partial charge in [0.05, 0.1) is 30.0 Å². The lowest BCUT2D eigenvalue weighted by Gasteiger charge is -2.29. The average Bonchev–Trinajstić information content (AvgIpc) is 3.49. The summed E-state index contributed by atoms with van der Waals surface area (Å²) in [6.45, 7) is 0.472. The molecule has 6 rings (SSSR count). The number of halogens is 1. The summed E-state index contributed by atoms with van der Waals surface area (Å²) in [6.07, 6.45) is 5.56. The SMILES string of the molecule is O=C1CC(NCc2ncccn2)[C@@H](c2ccccc2)N1c1ccc2c(cnn2-c2ccc(F)cc2)c1. The van der Waals surface area contributed by atoms with E-state index >= 15 is 0 Å². The summed E-state index contributed by atoms with van der Waals surface area (Å²) in [6, 6.07) is 23.6. The van der Waals surface area contributed by atoms with Crippen LogP contribution < -0.4 is 10.2 Å². The average molecular weight is 479 g/mol. The van der Waals surface area contributed by atoms with E-state index in [1.807, 2.05) is 41.3 Å². The summed E-state index contributed by atoms with van der Waals surface area (Å²) in [7, 11) is 0. The molecule has 5 aromatic rings. The number of carbonyl (C=O) groups is 1. The summed E-state index contributed by atoms with van der Waals surface area (Å²) < 4.78 is 15.2. The predicted molar refractivity (Wildman–Crippen MR) is 135 cm³/mol. The summed E-state index contributed by atoms with van der Waals surface area (Å²) in [5.41, 5.74) is 3.51. The van der Waals surface area contributed by atoms with E-state index in [1.54, 1.807) is 41.5 Å². The molecule has 0 spiro atoms. The van der Waals surface area contributed by atoms with Gasteiger partial charge < -0.3 is 10.2 Å². The van der Waals surface area contributed by atoms with Crippen molar-refractivity contribution in [2.24, 2.45) is 0 Å². The van der Waals surface area contributed by atoms with Gasteiger partial charge in [0.15, 0.2) is 0 Å². The highest BCUT2D eigenvalue weighted by Crippen LogP contribution is 2.38. The number of hydrogen-bond acceptors (Lipinski definition) is 5. The first kappa shape index (κ1) is 22.1. The van der Waals surface area contributed by atoms with Gasteiger partial charge in [-0.15, -0.1) is 0 Å². The molecule has 0 aliphatic carbocycles. The van der Waals surface area contributed by atoms with E-state index in [2.05, 4.69) is 32.5 Å². The van der Waals surface area contributed by atoms with Crippen molar-refractivity contribution in [3.63, 3.8) is 0 Å². The van der Waals surface area contributed by atoms with Crippen LogP contribution in [0.3, 0.4) is 0 Å². The molecule has 7 nitrogen and oxygen atoms in total. The largest absolute Gasteiger partial charge is 0.304 e. The fraction of sp³-hybridized carbons (Fsp3) is 0.143. The highest BCUT2D eigenvalue weighted by Gasteiger charge is 2.41. The Kier molecular flexibility index (Phi) is 5.71. The van der Waals surface area contributed by atoms with Gasteiger partial charge in [-0.3, -0.25) is 4.79 Å². The standard InChI is InChI=1S/C28H23FN6O/c29-21-7-9-22(10-8-21)35-25-12-11-23(15-20(25)17-33-35)34-27(36)16-24(28(34)19-5-2-1-3-6-19)32-18-26-30-13-4-14-31-26/h1-15,17,24,28,32H,16,18H2/t24?,28-/m1/s1. The van der Waals surface area contributed by atoms with Gasteiger partial charge in [0.1, 0.15) is 11.6 Å². The highest BCUT2D eigenvalue weighted by atomic mass is 19.1. The summed E-state index contributed by atoms with van der Waals surface area (Å²) in [5.74, 6) is 0.435. The molecule has 0 saturated carbocycles. The second kappa shape index (κ2) is 9.31. The number of benzene rings is 3. The Morgan fingerprint density at radius 3 is 2.44 bits per heavy atom. The van der Waals surface area contributed by atoms with Crippen LogP contribution in [0.15, 0.2) is 97.5 Å². The third-order valence-electron chi connectivity index (χ3n) is 6.51. The van der Waals surface area contributed by atoms with Crippen LogP contribution in [0.5, 0.6) is 0 Å². The van der Waals surface area contributed by atoms with E-state index in [0.717, 1.165) is 27.8 Å². The number of anilines is 1. The quantitative estimate of drug-likeness (QED) is 0.386. The molecule has 178 valence electrons. The lowest BCUT2D eigenvalue weighted by Crippen LogP contribution is -2.36. The number of amides is 1. The Hall–Kier alpha value is -4.43. The Labute approximate surface area is 207 Å². The monoisotopic (exact) mass is 478 g/mol. The van der Waals surface area contributed by atoms with Crippen molar-refractivity contribution >= 4 is 22.5 Å². The van der Waals surface area contributed by atoms with Crippen LogP contribution in [-0.4, -0.2) is 31.7 Å². The maximum Gasteiger partial charge on any atom is 0.229 e. The molecular weight excluding hydrogens is 455 g/mol. The zero-order valence-electron chi connectivity index (χ0n) is 19.3. The second-order valence-electron chi connectivity index (χ2n) is 8.75. The van der Waals surface area contributed by atoms with Crippen LogP contribution in [0.1, 0.15) is 23.9 Å². The first-order valence-corrected chi connectivity index (χ1v) is 11.8. The summed E-state index contributed by atoms with van der Waals surface area (Å²) >= 11 is 0. The van der Waals surface area contributed by atoms with E-state index in [0.29, 0.717) is 18.8 Å². The normalized spacial score (nSPS) is 17.7. The molecule has 1 saturated heterocycles. The number of carbonyl (C=O) groups excluding carboxylic acids is 1. The first-order valence-electron chi connectivity index (χ1n) is 11.8. The summed E-state index contributed by atoms with van der Waals surface area (Å²) in [4.78, 5) is 23.8. The molecule has 36 heavy (non-hydrogen) atoms. The van der Waals surface area contributed by atoms with Crippen molar-refractivity contribution in [1.82, 2.24) is 25.1 Å². The first-order chi connectivity index (χ1) is 17.7. The molecule has 0 radical (unpaired) electrons. The molecule has 2 aromatic heterocycles. The Bertz CT molecular complexity index is 1500. The number of nitrogens with zero attached hydrogens (tertiary/aromatic N) is 5. The van der Waals surface area contributed by atoms with Gasteiger partial charge >= 0.3 is 0 Å². The number of rotatable bonds is 6. The minimum absolute atomic E-state index is 0.0422. The van der Waals surface area contributed by atoms with E-state index in [-0.39, 0.29) is 23.8 Å². The number of hydrogen-bond donors (Lipinski definition) is 1. The molecule has 1 N–H and O–H groups in total. The lowest BCUT2D eigenvalue weighted by molar-refractivity contribution is -0.117. The molecule has 2 atom stereocenters. The van der Waals surface area contributed by atoms with Gasteiger partial charge in [-0.25, -0.2) is 19.0 Å². The van der Waals surface area contributed by atoms with Crippen LogP contribution in [0.4, 0.5) is 10.1 Å². The zero-order valence-corrected chi connectivity index (χ0v) is 19.3. The van der Waals surface area contributed by atoms with Gasteiger partial charge in [-0.2, -0.15) is 5.10 Å². The lowest BCUT2D eigenvalue weighted by atomic mass is 9.99. The molecule has 8 heteroatoms. The van der Waals surface area contributed by atoms with Gasteiger partial charge in [0.2, 0.25) is 5.91 Å². The van der Waals surface area contributed by atoms with Crippen molar-refractivity contribution in [2.45, 2.75) is 25.0 Å². The van der Waals surface area contributed by atoms with Gasteiger partial charge in [0, 0.05) is 35.9 Å². The van der Waals surface area contributed by atoms with Crippen molar-refractivity contribution in [2.75, 3.05) is 4.90 Å². The minimum Gasteiger partial charge on any atom is -0.304 e. The molecule has 3 aromatic carbocycles. The fourth-order valence-corrected chi connectivity index (χ4v) is 4.86. The van der Waals surface area contributed by atoms with Crippen LogP contribution in [0, 0.1) is 5.82 Å². The topological polar surface area (TPSA) is 75.9 Å². The molecule has 0 bridgehead atoms. The third-order valence-corrected chi connectivity index (χ3v) is 6.51. The smallest absolute Gasteiger partial charge is 0.229 e. The molecule has 1 aliphatic heterocycles. The molecule has 1 unspecified atom stereocenters. The number of fused-ring (bicyclic) bond motifs is 1. The van der Waals surface area contributed by atoms with Crippen LogP contribution in [-0.2, 0) is 11.3 Å². The molecule has 1 fully saturated rings. The van der Waals surface area contributed by atoms with Crippen molar-refractivity contribution in [3.05, 3.63) is 115 Å². The van der Waals surface area contributed by atoms with E-state index in [4.69, 9.17) is 0 Å². The number of aromatic nitrogens is 4. The third kappa shape index (κ3) is 4.12. The van der Waals surface area contributed by atoms with Gasteiger partial charge in [0.25, 0.3) is 0 Å². The van der Waals surface area contributed by atoms with Crippen LogP contribution in [0.25, 0.3) is 16.6 Å². The highest BCUT2D eigenvalue weighted by molar-refractivity contribution is 5.99. The predicted octanol–water partition coefficient (Wildman–Crippen LogP) is 4.59. The second-order valence-corrected chi connectivity index (χ2v) is 8.75. The van der Waals surface area contributed by atoms with Gasteiger partial charge in [-0.05, 0) is 54.1 Å². The van der Waals surface area contributed by atoms with Crippen molar-refractivity contribution in [1.29, 1.82) is 0 Å². The maximum atomic E-state index is 13.4. The zero-order chi connectivity index (χ0) is 24.5. The minimum atomic E-state index is -0.293. The van der Waals surface area contributed by atoms with Gasteiger partial charge in [-0.1, -0.05) is 30.3 Å². The Morgan fingerprint density at radius 1 is 0.917 bits per heavy atom. The molecular formula is C28H23FN6O. The van der Waals surface area contributed by atoms with Crippen LogP contribution >= 0.6 is 0 Å². The van der Waals surface area contributed by atoms with Crippen molar-refractivity contribution < 1.29 is 9.18 Å². The number of nitrogens with one attached hydrogen (secondary N) is 1.